The third-order valence-electron chi connectivity index (χ3n) is 4.22. The van der Waals surface area contributed by atoms with Crippen molar-refractivity contribution in [2.75, 3.05) is 18.4 Å². The third-order valence-corrected chi connectivity index (χ3v) is 4.22. The number of nitrogens with one attached hydrogen (secondary N) is 1. The number of aromatic nitrogens is 3. The van der Waals surface area contributed by atoms with Crippen LogP contribution in [0.3, 0.4) is 0 Å². The largest absolute Gasteiger partial charge is 0.366 e. The lowest BCUT2D eigenvalue weighted by atomic mass is 10.0. The number of anilines is 1. The molecule has 6 nitrogen and oxygen atoms in total. The van der Waals surface area contributed by atoms with Crippen LogP contribution in [0.15, 0.2) is 36.8 Å². The summed E-state index contributed by atoms with van der Waals surface area (Å²) in [6.45, 7) is 3.55. The van der Waals surface area contributed by atoms with Gasteiger partial charge in [0.25, 0.3) is 5.91 Å². The SMILES string of the molecule is CCc1cnccc1C(=O)N1CCC(Nc2cccnn2)CC1. The molecular formula is C17H21N5O. The molecule has 0 saturated carbocycles. The molecule has 0 spiro atoms. The average molecular weight is 311 g/mol. The summed E-state index contributed by atoms with van der Waals surface area (Å²) in [6.07, 6.45) is 7.78. The maximum absolute atomic E-state index is 12.7. The van der Waals surface area contributed by atoms with Crippen molar-refractivity contribution in [1.29, 1.82) is 0 Å². The first-order valence-corrected chi connectivity index (χ1v) is 8.04. The smallest absolute Gasteiger partial charge is 0.254 e. The number of carbonyl (C=O) groups excluding carboxylic acids is 1. The molecule has 1 fully saturated rings. The Kier molecular flexibility index (Phi) is 4.80. The summed E-state index contributed by atoms with van der Waals surface area (Å²) in [4.78, 5) is 18.7. The molecule has 2 aromatic rings. The van der Waals surface area contributed by atoms with E-state index in [4.69, 9.17) is 0 Å². The molecule has 2 aromatic heterocycles. The molecule has 1 aliphatic heterocycles. The standard InChI is InChI=1S/C17H21N5O/c1-2-13-12-18-9-5-15(13)17(23)22-10-6-14(7-11-22)20-16-4-3-8-19-21-16/h3-5,8-9,12,14H,2,6-7,10-11H2,1H3,(H,20,21). The molecule has 0 aromatic carbocycles. The van der Waals surface area contributed by atoms with Crippen LogP contribution in [-0.4, -0.2) is 45.1 Å². The Morgan fingerprint density at radius 1 is 1.30 bits per heavy atom. The van der Waals surface area contributed by atoms with Crippen molar-refractivity contribution in [2.45, 2.75) is 32.2 Å². The van der Waals surface area contributed by atoms with Crippen molar-refractivity contribution >= 4 is 11.7 Å². The average Bonchev–Trinajstić information content (AvgIpc) is 2.62. The van der Waals surface area contributed by atoms with Crippen LogP contribution in [0.2, 0.25) is 0 Å². The number of rotatable bonds is 4. The molecule has 1 amide bonds. The fourth-order valence-electron chi connectivity index (χ4n) is 2.90. The number of hydrogen-bond acceptors (Lipinski definition) is 5. The third kappa shape index (κ3) is 3.64. The molecule has 3 rings (SSSR count). The van der Waals surface area contributed by atoms with E-state index >= 15 is 0 Å². The highest BCUT2D eigenvalue weighted by molar-refractivity contribution is 5.95. The van der Waals surface area contributed by atoms with Gasteiger partial charge in [0.1, 0.15) is 5.82 Å². The fraction of sp³-hybridized carbons (Fsp3) is 0.412. The van der Waals surface area contributed by atoms with Gasteiger partial charge in [0.2, 0.25) is 0 Å². The van der Waals surface area contributed by atoms with E-state index in [1.165, 1.54) is 0 Å². The minimum Gasteiger partial charge on any atom is -0.366 e. The van der Waals surface area contributed by atoms with Gasteiger partial charge in [-0.05, 0) is 43.0 Å². The lowest BCUT2D eigenvalue weighted by molar-refractivity contribution is 0.0717. The number of hydrogen-bond donors (Lipinski definition) is 1. The van der Waals surface area contributed by atoms with E-state index in [-0.39, 0.29) is 5.91 Å². The zero-order chi connectivity index (χ0) is 16.1. The summed E-state index contributed by atoms with van der Waals surface area (Å²) in [6, 6.07) is 5.93. The number of likely N-dealkylation sites (tertiary alicyclic amines) is 1. The minimum absolute atomic E-state index is 0.113. The van der Waals surface area contributed by atoms with Crippen LogP contribution in [0, 0.1) is 0 Å². The normalized spacial score (nSPS) is 15.4. The Hall–Kier alpha value is -2.50. The van der Waals surface area contributed by atoms with Gasteiger partial charge < -0.3 is 10.2 Å². The first kappa shape index (κ1) is 15.4. The Labute approximate surface area is 136 Å². The van der Waals surface area contributed by atoms with E-state index in [9.17, 15) is 4.79 Å². The van der Waals surface area contributed by atoms with E-state index in [0.29, 0.717) is 6.04 Å². The lowest BCUT2D eigenvalue weighted by Crippen LogP contribution is -2.42. The highest BCUT2D eigenvalue weighted by atomic mass is 16.2. The van der Waals surface area contributed by atoms with Gasteiger partial charge in [-0.15, -0.1) is 5.10 Å². The van der Waals surface area contributed by atoms with E-state index in [0.717, 1.165) is 49.3 Å². The predicted molar refractivity (Wildman–Crippen MR) is 88.2 cm³/mol. The summed E-state index contributed by atoms with van der Waals surface area (Å²) in [5.41, 5.74) is 1.79. The lowest BCUT2D eigenvalue weighted by Gasteiger charge is -2.33. The number of pyridine rings is 1. The van der Waals surface area contributed by atoms with Crippen LogP contribution < -0.4 is 5.32 Å². The molecule has 3 heterocycles. The second kappa shape index (κ2) is 7.17. The van der Waals surface area contributed by atoms with Gasteiger partial charge in [0.05, 0.1) is 0 Å². The molecule has 0 aliphatic carbocycles. The summed E-state index contributed by atoms with van der Waals surface area (Å²) in [5.74, 6) is 0.905. The van der Waals surface area contributed by atoms with Crippen molar-refractivity contribution in [3.63, 3.8) is 0 Å². The Morgan fingerprint density at radius 2 is 2.13 bits per heavy atom. The minimum atomic E-state index is 0.113. The van der Waals surface area contributed by atoms with Gasteiger partial charge in [0.15, 0.2) is 0 Å². The molecule has 23 heavy (non-hydrogen) atoms. The van der Waals surface area contributed by atoms with Gasteiger partial charge in [-0.3, -0.25) is 9.78 Å². The summed E-state index contributed by atoms with van der Waals surface area (Å²) < 4.78 is 0. The summed E-state index contributed by atoms with van der Waals surface area (Å²) in [5, 5.41) is 11.3. The van der Waals surface area contributed by atoms with Crippen LogP contribution in [0.4, 0.5) is 5.82 Å². The fourth-order valence-corrected chi connectivity index (χ4v) is 2.90. The highest BCUT2D eigenvalue weighted by Crippen LogP contribution is 2.18. The quantitative estimate of drug-likeness (QED) is 0.937. The van der Waals surface area contributed by atoms with Gasteiger partial charge in [-0.1, -0.05) is 6.92 Å². The molecule has 0 atom stereocenters. The van der Waals surface area contributed by atoms with Crippen LogP contribution in [0.5, 0.6) is 0 Å². The Bertz CT molecular complexity index is 653. The van der Waals surface area contributed by atoms with Crippen molar-refractivity contribution in [1.82, 2.24) is 20.1 Å². The van der Waals surface area contributed by atoms with E-state index in [1.807, 2.05) is 30.0 Å². The van der Waals surface area contributed by atoms with Crippen molar-refractivity contribution in [3.8, 4) is 0 Å². The number of aryl methyl sites for hydroxylation is 1. The molecule has 0 bridgehead atoms. The molecule has 0 unspecified atom stereocenters. The molecular weight excluding hydrogens is 290 g/mol. The summed E-state index contributed by atoms with van der Waals surface area (Å²) in [7, 11) is 0. The molecule has 1 N–H and O–H groups in total. The first-order valence-electron chi connectivity index (χ1n) is 8.04. The van der Waals surface area contributed by atoms with Gasteiger partial charge in [0, 0.05) is 43.3 Å². The molecule has 120 valence electrons. The second-order valence-corrected chi connectivity index (χ2v) is 5.71. The maximum Gasteiger partial charge on any atom is 0.254 e. The summed E-state index contributed by atoms with van der Waals surface area (Å²) >= 11 is 0. The zero-order valence-corrected chi connectivity index (χ0v) is 13.3. The Morgan fingerprint density at radius 3 is 2.83 bits per heavy atom. The van der Waals surface area contributed by atoms with Crippen molar-refractivity contribution in [2.24, 2.45) is 0 Å². The van der Waals surface area contributed by atoms with Crippen molar-refractivity contribution in [3.05, 3.63) is 47.9 Å². The number of amides is 1. The second-order valence-electron chi connectivity index (χ2n) is 5.71. The van der Waals surface area contributed by atoms with E-state index in [1.54, 1.807) is 18.6 Å². The monoisotopic (exact) mass is 311 g/mol. The van der Waals surface area contributed by atoms with Crippen LogP contribution >= 0.6 is 0 Å². The highest BCUT2D eigenvalue weighted by Gasteiger charge is 2.24. The number of nitrogens with zero attached hydrogens (tertiary/aromatic N) is 4. The van der Waals surface area contributed by atoms with Crippen molar-refractivity contribution < 1.29 is 4.79 Å². The molecule has 6 heteroatoms. The van der Waals surface area contributed by atoms with Crippen LogP contribution in [0.1, 0.15) is 35.7 Å². The number of carbonyl (C=O) groups is 1. The number of piperidine rings is 1. The maximum atomic E-state index is 12.7. The van der Waals surface area contributed by atoms with E-state index in [2.05, 4.69) is 20.5 Å². The van der Waals surface area contributed by atoms with Gasteiger partial charge >= 0.3 is 0 Å². The molecule has 0 radical (unpaired) electrons. The Balaban J connectivity index is 1.59. The molecule has 1 aliphatic rings. The van der Waals surface area contributed by atoms with Gasteiger partial charge in [-0.25, -0.2) is 0 Å². The zero-order valence-electron chi connectivity index (χ0n) is 13.3. The van der Waals surface area contributed by atoms with E-state index < -0.39 is 0 Å². The topological polar surface area (TPSA) is 71.0 Å². The van der Waals surface area contributed by atoms with Crippen LogP contribution in [0.25, 0.3) is 0 Å². The first-order chi connectivity index (χ1) is 11.3. The predicted octanol–water partition coefficient (Wildman–Crippen LogP) is 2.15. The molecule has 1 saturated heterocycles. The van der Waals surface area contributed by atoms with Crippen LogP contribution in [-0.2, 0) is 6.42 Å². The van der Waals surface area contributed by atoms with Gasteiger partial charge in [-0.2, -0.15) is 5.10 Å².